The maximum absolute atomic E-state index is 11.6. The third kappa shape index (κ3) is 4.11. The molecular weight excluding hydrogens is 266 g/mol. The summed E-state index contributed by atoms with van der Waals surface area (Å²) in [6.45, 7) is 3.44. The van der Waals surface area contributed by atoms with Crippen molar-refractivity contribution < 1.29 is 14.4 Å². The largest absolute Gasteiger partial charge is 0.358 e. The van der Waals surface area contributed by atoms with E-state index < -0.39 is 5.97 Å². The molecule has 2 rings (SSSR count). The highest BCUT2D eigenvalue weighted by atomic mass is 16.7. The van der Waals surface area contributed by atoms with Crippen molar-refractivity contribution in [2.24, 2.45) is 5.16 Å². The van der Waals surface area contributed by atoms with Crippen LogP contribution in [0, 0.1) is 0 Å². The first kappa shape index (κ1) is 14.7. The lowest BCUT2D eigenvalue weighted by Gasteiger charge is -2.07. The highest BCUT2D eigenvalue weighted by Crippen LogP contribution is 2.12. The number of ketones is 1. The molecular formula is C17H15NO3. The Morgan fingerprint density at radius 1 is 1.10 bits per heavy atom. The van der Waals surface area contributed by atoms with E-state index in [0.29, 0.717) is 16.9 Å². The average molecular weight is 281 g/mol. The summed E-state index contributed by atoms with van der Waals surface area (Å²) in [6, 6.07) is 9.41. The van der Waals surface area contributed by atoms with E-state index in [-0.39, 0.29) is 5.78 Å². The van der Waals surface area contributed by atoms with E-state index in [1.807, 2.05) is 30.3 Å². The Morgan fingerprint density at radius 3 is 2.52 bits per heavy atom. The maximum atomic E-state index is 11.6. The van der Waals surface area contributed by atoms with E-state index >= 15 is 0 Å². The van der Waals surface area contributed by atoms with E-state index in [9.17, 15) is 9.59 Å². The Balaban J connectivity index is 2.01. The van der Waals surface area contributed by atoms with Crippen LogP contribution < -0.4 is 0 Å². The molecule has 21 heavy (non-hydrogen) atoms. The Bertz CT molecular complexity index is 679. The summed E-state index contributed by atoms with van der Waals surface area (Å²) in [5.41, 5.74) is 2.62. The minimum Gasteiger partial charge on any atom is -0.313 e. The molecule has 0 saturated heterocycles. The normalized spacial score (nSPS) is 16.9. The molecule has 4 nitrogen and oxygen atoms in total. The van der Waals surface area contributed by atoms with Crippen LogP contribution in [0.3, 0.4) is 0 Å². The number of benzene rings is 1. The second-order valence-electron chi connectivity index (χ2n) is 4.65. The third-order valence-electron chi connectivity index (χ3n) is 2.94. The summed E-state index contributed by atoms with van der Waals surface area (Å²) in [4.78, 5) is 27.8. The summed E-state index contributed by atoms with van der Waals surface area (Å²) in [5, 5.41) is 3.78. The van der Waals surface area contributed by atoms with E-state index in [4.69, 9.17) is 4.84 Å². The number of carbonyl (C=O) groups excluding carboxylic acids is 2. The van der Waals surface area contributed by atoms with Gasteiger partial charge in [0.1, 0.15) is 5.71 Å². The number of hydrogen-bond acceptors (Lipinski definition) is 4. The van der Waals surface area contributed by atoms with Gasteiger partial charge in [0.15, 0.2) is 5.78 Å². The van der Waals surface area contributed by atoms with Crippen molar-refractivity contribution >= 4 is 23.5 Å². The molecule has 4 heteroatoms. The fourth-order valence-electron chi connectivity index (χ4n) is 1.73. The topological polar surface area (TPSA) is 55.7 Å². The zero-order valence-electron chi connectivity index (χ0n) is 11.9. The van der Waals surface area contributed by atoms with Crippen molar-refractivity contribution in [2.45, 2.75) is 13.8 Å². The van der Waals surface area contributed by atoms with Crippen molar-refractivity contribution in [1.29, 1.82) is 0 Å². The quantitative estimate of drug-likeness (QED) is 0.370. The maximum Gasteiger partial charge on any atom is 0.358 e. The van der Waals surface area contributed by atoms with E-state index in [0.717, 1.165) is 5.56 Å². The number of hydrogen-bond donors (Lipinski definition) is 0. The molecule has 0 spiro atoms. The number of carbonyl (C=O) groups is 2. The monoisotopic (exact) mass is 281 g/mol. The van der Waals surface area contributed by atoms with Crippen LogP contribution >= 0.6 is 0 Å². The highest BCUT2D eigenvalue weighted by molar-refractivity contribution is 6.21. The first-order valence-corrected chi connectivity index (χ1v) is 6.49. The molecule has 0 aromatic heterocycles. The van der Waals surface area contributed by atoms with E-state index in [1.165, 1.54) is 12.2 Å². The molecule has 1 aliphatic carbocycles. The van der Waals surface area contributed by atoms with Gasteiger partial charge in [-0.25, -0.2) is 4.79 Å². The standard InChI is InChI=1S/C17H15NO3/c1-12-11-16(19)13(2)10-15(12)18-21-17(20)9-8-14-6-4-3-5-7-14/h3-11H,1-2H3/b9-8+,18-15+. The highest BCUT2D eigenvalue weighted by Gasteiger charge is 2.13. The van der Waals surface area contributed by atoms with Crippen molar-refractivity contribution in [3.63, 3.8) is 0 Å². The predicted octanol–water partition coefficient (Wildman–Crippen LogP) is 3.07. The van der Waals surface area contributed by atoms with Gasteiger partial charge in [-0.15, -0.1) is 0 Å². The summed E-state index contributed by atoms with van der Waals surface area (Å²) in [5.74, 6) is -0.621. The molecule has 0 fully saturated rings. The lowest BCUT2D eigenvalue weighted by molar-refractivity contribution is -0.137. The summed E-state index contributed by atoms with van der Waals surface area (Å²) in [6.07, 6.45) is 6.04. The van der Waals surface area contributed by atoms with Crippen molar-refractivity contribution in [3.05, 3.63) is 65.3 Å². The lowest BCUT2D eigenvalue weighted by Crippen LogP contribution is -2.11. The van der Waals surface area contributed by atoms with Gasteiger partial charge in [-0.05, 0) is 48.8 Å². The first-order chi connectivity index (χ1) is 10.1. The molecule has 1 aliphatic rings. The van der Waals surface area contributed by atoms with Crippen LogP contribution in [-0.2, 0) is 14.4 Å². The average Bonchev–Trinajstić information content (AvgIpc) is 2.48. The molecule has 1 aromatic carbocycles. The SMILES string of the molecule is CC1=C/C(=N\OC(=O)/C=C/c2ccccc2)C(C)=CC1=O. The van der Waals surface area contributed by atoms with Crippen LogP contribution in [0.2, 0.25) is 0 Å². The van der Waals surface area contributed by atoms with Crippen LogP contribution in [-0.4, -0.2) is 17.5 Å². The minimum absolute atomic E-state index is 0.0539. The molecule has 0 N–H and O–H groups in total. The Labute approximate surface area is 123 Å². The lowest BCUT2D eigenvalue weighted by atomic mass is 9.99. The molecule has 106 valence electrons. The number of oxime groups is 1. The summed E-state index contributed by atoms with van der Waals surface area (Å²) >= 11 is 0. The summed E-state index contributed by atoms with van der Waals surface area (Å²) in [7, 11) is 0. The van der Waals surface area contributed by atoms with Gasteiger partial charge in [0.25, 0.3) is 0 Å². The third-order valence-corrected chi connectivity index (χ3v) is 2.94. The van der Waals surface area contributed by atoms with Crippen LogP contribution in [0.25, 0.3) is 6.08 Å². The number of nitrogens with zero attached hydrogens (tertiary/aromatic N) is 1. The van der Waals surface area contributed by atoms with Gasteiger partial charge in [-0.2, -0.15) is 0 Å². The molecule has 0 heterocycles. The second-order valence-corrected chi connectivity index (χ2v) is 4.65. The van der Waals surface area contributed by atoms with Gasteiger partial charge in [-0.1, -0.05) is 35.5 Å². The molecule has 0 radical (unpaired) electrons. The van der Waals surface area contributed by atoms with Crippen LogP contribution in [0.15, 0.2) is 64.9 Å². The van der Waals surface area contributed by atoms with Gasteiger partial charge in [0, 0.05) is 6.08 Å². The van der Waals surface area contributed by atoms with Crippen molar-refractivity contribution in [2.75, 3.05) is 0 Å². The fraction of sp³-hybridized carbons (Fsp3) is 0.118. The van der Waals surface area contributed by atoms with Gasteiger partial charge in [-0.3, -0.25) is 4.79 Å². The van der Waals surface area contributed by atoms with Gasteiger partial charge >= 0.3 is 5.97 Å². The van der Waals surface area contributed by atoms with E-state index in [2.05, 4.69) is 5.16 Å². The fourth-order valence-corrected chi connectivity index (χ4v) is 1.73. The van der Waals surface area contributed by atoms with Crippen LogP contribution in [0.5, 0.6) is 0 Å². The Hall–Kier alpha value is -2.75. The first-order valence-electron chi connectivity index (χ1n) is 6.49. The second kappa shape index (κ2) is 6.61. The number of allylic oxidation sites excluding steroid dienone is 4. The Kier molecular flexibility index (Phi) is 4.61. The number of rotatable bonds is 3. The Morgan fingerprint density at radius 2 is 1.81 bits per heavy atom. The van der Waals surface area contributed by atoms with Crippen LogP contribution in [0.1, 0.15) is 19.4 Å². The molecule has 0 atom stereocenters. The predicted molar refractivity (Wildman–Crippen MR) is 81.5 cm³/mol. The summed E-state index contributed by atoms with van der Waals surface area (Å²) < 4.78 is 0. The van der Waals surface area contributed by atoms with Crippen LogP contribution in [0.4, 0.5) is 0 Å². The van der Waals surface area contributed by atoms with Gasteiger partial charge in [0.05, 0.1) is 0 Å². The van der Waals surface area contributed by atoms with Gasteiger partial charge in [0.2, 0.25) is 0 Å². The smallest absolute Gasteiger partial charge is 0.313 e. The molecule has 1 aromatic rings. The molecule has 0 amide bonds. The van der Waals surface area contributed by atoms with E-state index in [1.54, 1.807) is 26.0 Å². The van der Waals surface area contributed by atoms with Gasteiger partial charge < -0.3 is 4.84 Å². The molecule has 0 saturated carbocycles. The zero-order valence-corrected chi connectivity index (χ0v) is 11.9. The van der Waals surface area contributed by atoms with Crippen molar-refractivity contribution in [1.82, 2.24) is 0 Å². The molecule has 0 aliphatic heterocycles. The molecule has 0 unspecified atom stereocenters. The van der Waals surface area contributed by atoms with Crippen molar-refractivity contribution in [3.8, 4) is 0 Å². The zero-order chi connectivity index (χ0) is 15.2. The minimum atomic E-state index is -0.567. The molecule has 0 bridgehead atoms.